The van der Waals surface area contributed by atoms with E-state index in [0.29, 0.717) is 0 Å². The summed E-state index contributed by atoms with van der Waals surface area (Å²) in [5, 5.41) is 0. The summed E-state index contributed by atoms with van der Waals surface area (Å²) in [4.78, 5) is 0. The van der Waals surface area contributed by atoms with Gasteiger partial charge in [-0.3, -0.25) is 0 Å². The minimum atomic E-state index is 0.821. The van der Waals surface area contributed by atoms with E-state index in [4.69, 9.17) is 4.74 Å². The van der Waals surface area contributed by atoms with Gasteiger partial charge in [0.15, 0.2) is 0 Å². The van der Waals surface area contributed by atoms with Crippen molar-refractivity contribution in [1.29, 1.82) is 0 Å². The zero-order valence-corrected chi connectivity index (χ0v) is 7.35. The molecule has 1 aliphatic rings. The molecule has 0 aromatic carbocycles. The highest BCUT2D eigenvalue weighted by Gasteiger charge is 2.10. The van der Waals surface area contributed by atoms with Crippen molar-refractivity contribution < 1.29 is 4.74 Å². The molecule has 9 heavy (non-hydrogen) atoms. The van der Waals surface area contributed by atoms with Crippen LogP contribution in [0, 0.1) is 0 Å². The first-order valence-electron chi connectivity index (χ1n) is 2.91. The van der Waals surface area contributed by atoms with Gasteiger partial charge in [-0.15, -0.1) is 0 Å². The molecule has 0 aromatic heterocycles. The van der Waals surface area contributed by atoms with Crippen molar-refractivity contribution in [1.82, 2.24) is 0 Å². The van der Waals surface area contributed by atoms with E-state index < -0.39 is 0 Å². The van der Waals surface area contributed by atoms with Crippen molar-refractivity contribution in [2.75, 3.05) is 11.0 Å². The Hall–Kier alpha value is 0.01000. The Labute approximate surface area is 68.9 Å². The Kier molecular flexibility index (Phi) is 2.57. The molecule has 0 radical (unpaired) electrons. The van der Waals surface area contributed by atoms with E-state index >= 15 is 0 Å². The van der Waals surface area contributed by atoms with Crippen LogP contribution in [0.5, 0.6) is 0 Å². The molecule has 0 amide bonds. The van der Waals surface area contributed by atoms with Gasteiger partial charge in [-0.25, -0.2) is 0 Å². The number of allylic oxidation sites excluding steroid dienone is 2. The molecule has 1 heterocycles. The van der Waals surface area contributed by atoms with Crippen LogP contribution >= 0.6 is 22.6 Å². The van der Waals surface area contributed by atoms with Crippen molar-refractivity contribution >= 4 is 22.6 Å². The van der Waals surface area contributed by atoms with Gasteiger partial charge < -0.3 is 4.74 Å². The lowest BCUT2D eigenvalue weighted by molar-refractivity contribution is 0.265. The van der Waals surface area contributed by atoms with Crippen molar-refractivity contribution in [2.24, 2.45) is 0 Å². The average molecular weight is 236 g/mol. The predicted octanol–water partition coefficient (Wildman–Crippen LogP) is 2.28. The first kappa shape index (κ1) is 7.12. The smallest absolute Gasteiger partial charge is 0.118 e. The highest BCUT2D eigenvalue weighted by molar-refractivity contribution is 14.1. The maximum Gasteiger partial charge on any atom is 0.118 e. The van der Waals surface area contributed by atoms with Gasteiger partial charge >= 0.3 is 0 Å². The van der Waals surface area contributed by atoms with Crippen LogP contribution in [0.1, 0.15) is 6.42 Å². The molecule has 1 fully saturated rings. The van der Waals surface area contributed by atoms with Crippen LogP contribution in [0.2, 0.25) is 0 Å². The monoisotopic (exact) mass is 236 g/mol. The minimum Gasteiger partial charge on any atom is -0.493 e. The third-order valence-corrected chi connectivity index (χ3v) is 1.71. The normalized spacial score (nSPS) is 22.8. The average Bonchev–Trinajstić information content (AvgIpc) is 2.18. The van der Waals surface area contributed by atoms with E-state index in [0.717, 1.165) is 28.8 Å². The molecule has 0 N–H and O–H groups in total. The Morgan fingerprint density at radius 2 is 2.56 bits per heavy atom. The third kappa shape index (κ3) is 1.71. The summed E-state index contributed by atoms with van der Waals surface area (Å²) in [7, 11) is 0. The quantitative estimate of drug-likeness (QED) is 0.501. The van der Waals surface area contributed by atoms with Gasteiger partial charge in [0, 0.05) is 10.8 Å². The number of hydrogen-bond acceptors (Lipinski definition) is 1. The van der Waals surface area contributed by atoms with Crippen molar-refractivity contribution in [3.8, 4) is 0 Å². The van der Waals surface area contributed by atoms with Gasteiger partial charge in [-0.05, 0) is 11.6 Å². The SMILES string of the molecule is C=C1CCO/C1=C/CI. The van der Waals surface area contributed by atoms with E-state index in [-0.39, 0.29) is 0 Å². The van der Waals surface area contributed by atoms with Gasteiger partial charge in [-0.2, -0.15) is 0 Å². The second kappa shape index (κ2) is 3.25. The second-order valence-electron chi connectivity index (χ2n) is 1.92. The summed E-state index contributed by atoms with van der Waals surface area (Å²) >= 11 is 2.29. The fraction of sp³-hybridized carbons (Fsp3) is 0.429. The molecule has 0 aromatic rings. The lowest BCUT2D eigenvalue weighted by Crippen LogP contribution is -1.79. The van der Waals surface area contributed by atoms with Gasteiger partial charge in [0.1, 0.15) is 5.76 Å². The summed E-state index contributed by atoms with van der Waals surface area (Å²) in [6.07, 6.45) is 3.07. The van der Waals surface area contributed by atoms with E-state index in [2.05, 4.69) is 35.2 Å². The van der Waals surface area contributed by atoms with Gasteiger partial charge in [0.2, 0.25) is 0 Å². The predicted molar refractivity (Wildman–Crippen MR) is 46.7 cm³/mol. The van der Waals surface area contributed by atoms with E-state index in [1.807, 2.05) is 0 Å². The van der Waals surface area contributed by atoms with Crippen molar-refractivity contribution in [2.45, 2.75) is 6.42 Å². The summed E-state index contributed by atoms with van der Waals surface area (Å²) in [5.41, 5.74) is 1.15. The van der Waals surface area contributed by atoms with Crippen LogP contribution in [0.3, 0.4) is 0 Å². The highest BCUT2D eigenvalue weighted by atomic mass is 127. The number of ether oxygens (including phenoxy) is 1. The van der Waals surface area contributed by atoms with Gasteiger partial charge in [0.05, 0.1) is 6.61 Å². The molecule has 0 aliphatic carbocycles. The molecule has 1 rings (SSSR count). The topological polar surface area (TPSA) is 9.23 Å². The minimum absolute atomic E-state index is 0.821. The summed E-state index contributed by atoms with van der Waals surface area (Å²) in [5.74, 6) is 1.00. The molecule has 0 spiro atoms. The zero-order chi connectivity index (χ0) is 6.69. The number of hydrogen-bond donors (Lipinski definition) is 0. The lowest BCUT2D eigenvalue weighted by Gasteiger charge is -1.94. The first-order valence-corrected chi connectivity index (χ1v) is 4.44. The molecular formula is C7H9IO. The molecule has 2 heteroatoms. The Bertz CT molecular complexity index is 149. The van der Waals surface area contributed by atoms with E-state index in [1.54, 1.807) is 0 Å². The van der Waals surface area contributed by atoms with Crippen LogP contribution in [0.25, 0.3) is 0 Å². The molecular weight excluding hydrogens is 227 g/mol. The fourth-order valence-corrected chi connectivity index (χ4v) is 1.18. The number of alkyl halides is 1. The molecule has 0 unspecified atom stereocenters. The maximum absolute atomic E-state index is 5.26. The summed E-state index contributed by atoms with van der Waals surface area (Å²) in [6.45, 7) is 4.68. The molecule has 1 nitrogen and oxygen atoms in total. The zero-order valence-electron chi connectivity index (χ0n) is 5.19. The maximum atomic E-state index is 5.26. The molecule has 1 saturated heterocycles. The summed E-state index contributed by atoms with van der Waals surface area (Å²) < 4.78 is 6.27. The Balaban J connectivity index is 2.59. The molecule has 0 atom stereocenters. The van der Waals surface area contributed by atoms with Crippen LogP contribution in [-0.4, -0.2) is 11.0 Å². The Morgan fingerprint density at radius 3 is 3.00 bits per heavy atom. The van der Waals surface area contributed by atoms with Crippen LogP contribution in [0.4, 0.5) is 0 Å². The standard InChI is InChI=1S/C7H9IO/c1-6-3-5-9-7(6)2-4-8/h2H,1,3-5H2/b7-2+. The largest absolute Gasteiger partial charge is 0.493 e. The van der Waals surface area contributed by atoms with E-state index in [1.165, 1.54) is 0 Å². The highest BCUT2D eigenvalue weighted by Crippen LogP contribution is 2.21. The van der Waals surface area contributed by atoms with E-state index in [9.17, 15) is 0 Å². The number of halogens is 1. The molecule has 0 saturated carbocycles. The molecule has 0 bridgehead atoms. The Morgan fingerprint density at radius 1 is 1.78 bits per heavy atom. The summed E-state index contributed by atoms with van der Waals surface area (Å²) in [6, 6.07) is 0. The third-order valence-electron chi connectivity index (χ3n) is 1.27. The van der Waals surface area contributed by atoms with Crippen LogP contribution < -0.4 is 0 Å². The number of rotatable bonds is 1. The second-order valence-corrected chi connectivity index (χ2v) is 2.81. The first-order chi connectivity index (χ1) is 4.34. The fourth-order valence-electron chi connectivity index (χ4n) is 0.783. The van der Waals surface area contributed by atoms with Crippen LogP contribution in [-0.2, 0) is 4.74 Å². The van der Waals surface area contributed by atoms with Crippen molar-refractivity contribution in [3.63, 3.8) is 0 Å². The van der Waals surface area contributed by atoms with Gasteiger partial charge in [-0.1, -0.05) is 29.2 Å². The lowest BCUT2D eigenvalue weighted by atomic mass is 10.2. The van der Waals surface area contributed by atoms with Crippen molar-refractivity contribution in [3.05, 3.63) is 24.0 Å². The van der Waals surface area contributed by atoms with Crippen LogP contribution in [0.15, 0.2) is 24.0 Å². The molecule has 1 aliphatic heterocycles. The molecule has 50 valence electrons. The van der Waals surface area contributed by atoms with Gasteiger partial charge in [0.25, 0.3) is 0 Å².